The maximum Gasteiger partial charge on any atom is 0.136 e. The molecule has 4 nitrogen and oxygen atoms in total. The Kier molecular flexibility index (Phi) is 1.34. The lowest BCUT2D eigenvalue weighted by atomic mass is 10.2. The van der Waals surface area contributed by atoms with Crippen molar-refractivity contribution in [2.75, 3.05) is 13.1 Å². The third-order valence-electron chi connectivity index (χ3n) is 3.52. The summed E-state index contributed by atoms with van der Waals surface area (Å²) in [6.07, 6.45) is 0. The van der Waals surface area contributed by atoms with Crippen LogP contribution in [0.4, 0.5) is 0 Å². The Morgan fingerprint density at radius 1 is 1.31 bits per heavy atom. The number of aryl methyl sites for hydroxylation is 1. The molecular formula is C9H14N4. The Bertz CT molecular complexity index is 333. The zero-order chi connectivity index (χ0) is 9.00. The lowest BCUT2D eigenvalue weighted by molar-refractivity contribution is 0.638. The average Bonchev–Trinajstić information content (AvgIpc) is 2.49. The molecule has 1 aliphatic carbocycles. The predicted octanol–water partition coefficient (Wildman–Crippen LogP) is 0.0563. The number of aromatic nitrogens is 3. The molecule has 1 aromatic heterocycles. The summed E-state index contributed by atoms with van der Waals surface area (Å²) in [4.78, 5) is 0. The van der Waals surface area contributed by atoms with Gasteiger partial charge in [-0.2, -0.15) is 0 Å². The molecular weight excluding hydrogens is 164 g/mol. The smallest absolute Gasteiger partial charge is 0.136 e. The Morgan fingerprint density at radius 2 is 2.00 bits per heavy atom. The van der Waals surface area contributed by atoms with E-state index in [1.807, 2.05) is 6.92 Å². The fourth-order valence-electron chi connectivity index (χ4n) is 2.52. The SMILES string of the molecule is Cc1nnc(C2[C@H]3CNC[C@@H]23)n1C. The maximum absolute atomic E-state index is 4.24. The molecule has 1 aromatic rings. The molecule has 2 aliphatic rings. The summed E-state index contributed by atoms with van der Waals surface area (Å²) in [7, 11) is 2.06. The highest BCUT2D eigenvalue weighted by atomic mass is 15.3. The van der Waals surface area contributed by atoms with Gasteiger partial charge in [0.15, 0.2) is 0 Å². The van der Waals surface area contributed by atoms with E-state index in [1.165, 1.54) is 18.9 Å². The average molecular weight is 178 g/mol. The molecule has 1 unspecified atom stereocenters. The van der Waals surface area contributed by atoms with E-state index in [2.05, 4.69) is 27.1 Å². The van der Waals surface area contributed by atoms with Crippen LogP contribution in [0.1, 0.15) is 17.6 Å². The van der Waals surface area contributed by atoms with Crippen LogP contribution in [0.3, 0.4) is 0 Å². The largest absolute Gasteiger partial charge is 0.318 e. The maximum atomic E-state index is 4.24. The van der Waals surface area contributed by atoms with E-state index in [-0.39, 0.29) is 0 Å². The second kappa shape index (κ2) is 2.32. The van der Waals surface area contributed by atoms with E-state index in [0.717, 1.165) is 17.7 Å². The van der Waals surface area contributed by atoms with Gasteiger partial charge in [0, 0.05) is 13.0 Å². The van der Waals surface area contributed by atoms with Gasteiger partial charge in [0.05, 0.1) is 0 Å². The van der Waals surface area contributed by atoms with Gasteiger partial charge in [0.2, 0.25) is 0 Å². The van der Waals surface area contributed by atoms with Crippen molar-refractivity contribution in [1.82, 2.24) is 20.1 Å². The summed E-state index contributed by atoms with van der Waals surface area (Å²) < 4.78 is 2.13. The number of nitrogens with one attached hydrogen (secondary N) is 1. The van der Waals surface area contributed by atoms with Gasteiger partial charge in [-0.05, 0) is 31.8 Å². The van der Waals surface area contributed by atoms with Gasteiger partial charge < -0.3 is 9.88 Å². The van der Waals surface area contributed by atoms with Gasteiger partial charge in [-0.1, -0.05) is 0 Å². The van der Waals surface area contributed by atoms with Crippen LogP contribution in [0.2, 0.25) is 0 Å². The Morgan fingerprint density at radius 3 is 2.54 bits per heavy atom. The topological polar surface area (TPSA) is 42.7 Å². The minimum absolute atomic E-state index is 0.687. The van der Waals surface area contributed by atoms with Crippen molar-refractivity contribution in [3.8, 4) is 0 Å². The van der Waals surface area contributed by atoms with Crippen LogP contribution in [0.25, 0.3) is 0 Å². The molecule has 1 saturated heterocycles. The third kappa shape index (κ3) is 0.892. The van der Waals surface area contributed by atoms with Gasteiger partial charge in [0.1, 0.15) is 11.6 Å². The molecule has 2 fully saturated rings. The van der Waals surface area contributed by atoms with E-state index < -0.39 is 0 Å². The quantitative estimate of drug-likeness (QED) is 0.661. The number of piperidine rings is 1. The first-order valence-electron chi connectivity index (χ1n) is 4.85. The molecule has 1 saturated carbocycles. The Labute approximate surface area is 77.4 Å². The molecule has 0 radical (unpaired) electrons. The van der Waals surface area contributed by atoms with Crippen molar-refractivity contribution in [3.63, 3.8) is 0 Å². The molecule has 2 heterocycles. The van der Waals surface area contributed by atoms with Crippen molar-refractivity contribution in [3.05, 3.63) is 11.6 Å². The van der Waals surface area contributed by atoms with Crippen molar-refractivity contribution in [2.45, 2.75) is 12.8 Å². The second-order valence-corrected chi connectivity index (χ2v) is 4.18. The lowest BCUT2D eigenvalue weighted by Gasteiger charge is -2.03. The molecule has 13 heavy (non-hydrogen) atoms. The fourth-order valence-corrected chi connectivity index (χ4v) is 2.52. The minimum atomic E-state index is 0.687. The number of rotatable bonds is 1. The second-order valence-electron chi connectivity index (χ2n) is 4.18. The van der Waals surface area contributed by atoms with E-state index in [9.17, 15) is 0 Å². The number of nitrogens with zero attached hydrogens (tertiary/aromatic N) is 3. The van der Waals surface area contributed by atoms with Crippen molar-refractivity contribution >= 4 is 0 Å². The molecule has 3 atom stereocenters. The summed E-state index contributed by atoms with van der Waals surface area (Å²) >= 11 is 0. The van der Waals surface area contributed by atoms with Gasteiger partial charge in [0.25, 0.3) is 0 Å². The zero-order valence-corrected chi connectivity index (χ0v) is 7.99. The van der Waals surface area contributed by atoms with E-state index in [0.29, 0.717) is 5.92 Å². The van der Waals surface area contributed by atoms with Crippen LogP contribution < -0.4 is 5.32 Å². The Balaban J connectivity index is 1.91. The van der Waals surface area contributed by atoms with Crippen LogP contribution in [-0.4, -0.2) is 27.9 Å². The van der Waals surface area contributed by atoms with Crippen LogP contribution in [-0.2, 0) is 7.05 Å². The lowest BCUT2D eigenvalue weighted by Crippen LogP contribution is -2.15. The number of hydrogen-bond acceptors (Lipinski definition) is 3. The molecule has 0 bridgehead atoms. The fraction of sp³-hybridized carbons (Fsp3) is 0.778. The summed E-state index contributed by atoms with van der Waals surface area (Å²) in [5.41, 5.74) is 0. The molecule has 3 rings (SSSR count). The van der Waals surface area contributed by atoms with Gasteiger partial charge in [-0.25, -0.2) is 0 Å². The highest BCUT2D eigenvalue weighted by Gasteiger charge is 2.55. The summed E-state index contributed by atoms with van der Waals surface area (Å²) in [5.74, 6) is 4.57. The van der Waals surface area contributed by atoms with Gasteiger partial charge in [-0.3, -0.25) is 0 Å². The molecule has 1 N–H and O–H groups in total. The highest BCUT2D eigenvalue weighted by molar-refractivity contribution is 5.20. The standard InChI is InChI=1S/C9H14N4/c1-5-11-12-9(13(5)2)8-6-3-10-4-7(6)8/h6-8,10H,3-4H2,1-2H3/t6-,7+,8?. The highest BCUT2D eigenvalue weighted by Crippen LogP contribution is 2.54. The normalized spacial score (nSPS) is 36.3. The van der Waals surface area contributed by atoms with Gasteiger partial charge >= 0.3 is 0 Å². The van der Waals surface area contributed by atoms with E-state index in [1.54, 1.807) is 0 Å². The molecule has 1 aliphatic heterocycles. The monoisotopic (exact) mass is 178 g/mol. The zero-order valence-electron chi connectivity index (χ0n) is 7.99. The van der Waals surface area contributed by atoms with Crippen LogP contribution >= 0.6 is 0 Å². The van der Waals surface area contributed by atoms with E-state index >= 15 is 0 Å². The van der Waals surface area contributed by atoms with Crippen molar-refractivity contribution < 1.29 is 0 Å². The third-order valence-corrected chi connectivity index (χ3v) is 3.52. The molecule has 0 amide bonds. The Hall–Kier alpha value is -0.900. The van der Waals surface area contributed by atoms with E-state index in [4.69, 9.17) is 0 Å². The molecule has 4 heteroatoms. The first-order chi connectivity index (χ1) is 6.29. The molecule has 0 aromatic carbocycles. The molecule has 70 valence electrons. The summed E-state index contributed by atoms with van der Waals surface area (Å²) in [6, 6.07) is 0. The summed E-state index contributed by atoms with van der Waals surface area (Å²) in [6.45, 7) is 4.34. The summed E-state index contributed by atoms with van der Waals surface area (Å²) in [5, 5.41) is 11.7. The molecule has 0 spiro atoms. The predicted molar refractivity (Wildman–Crippen MR) is 48.3 cm³/mol. The number of hydrogen-bond donors (Lipinski definition) is 1. The first kappa shape index (κ1) is 7.50. The van der Waals surface area contributed by atoms with Crippen LogP contribution in [0, 0.1) is 18.8 Å². The van der Waals surface area contributed by atoms with Gasteiger partial charge in [-0.15, -0.1) is 10.2 Å². The van der Waals surface area contributed by atoms with Crippen molar-refractivity contribution in [2.24, 2.45) is 18.9 Å². The van der Waals surface area contributed by atoms with Crippen LogP contribution in [0.15, 0.2) is 0 Å². The van der Waals surface area contributed by atoms with Crippen molar-refractivity contribution in [1.29, 1.82) is 0 Å². The van der Waals surface area contributed by atoms with Crippen LogP contribution in [0.5, 0.6) is 0 Å². The number of fused-ring (bicyclic) bond motifs is 1. The minimum Gasteiger partial charge on any atom is -0.318 e. The first-order valence-corrected chi connectivity index (χ1v) is 4.85.